The standard InChI is InChI=1S/C19H30N4O/c1-16(2)19(24)23-9-5-6-17(15-23)14-21-10-12-22(13-11-21)18-7-3-4-8-20-18/h3-4,7-8,16-17H,5-6,9-15H2,1-2H3/t17-/m1/s1. The van der Waals surface area contributed by atoms with Gasteiger partial charge >= 0.3 is 0 Å². The summed E-state index contributed by atoms with van der Waals surface area (Å²) in [4.78, 5) is 23.7. The van der Waals surface area contributed by atoms with Crippen molar-refractivity contribution in [2.75, 3.05) is 50.7 Å². The minimum absolute atomic E-state index is 0.116. The fraction of sp³-hybridized carbons (Fsp3) is 0.684. The third-order valence-electron chi connectivity index (χ3n) is 5.19. The lowest BCUT2D eigenvalue weighted by Gasteiger charge is -2.40. The fourth-order valence-electron chi connectivity index (χ4n) is 3.84. The number of nitrogens with zero attached hydrogens (tertiary/aromatic N) is 4. The molecular weight excluding hydrogens is 300 g/mol. The van der Waals surface area contributed by atoms with E-state index in [1.807, 2.05) is 26.1 Å². The molecule has 2 fully saturated rings. The van der Waals surface area contributed by atoms with Crippen molar-refractivity contribution in [2.24, 2.45) is 11.8 Å². The molecule has 24 heavy (non-hydrogen) atoms. The first-order valence-electron chi connectivity index (χ1n) is 9.30. The van der Waals surface area contributed by atoms with E-state index >= 15 is 0 Å². The molecule has 1 aromatic heterocycles. The van der Waals surface area contributed by atoms with E-state index < -0.39 is 0 Å². The molecule has 0 radical (unpaired) electrons. The highest BCUT2D eigenvalue weighted by atomic mass is 16.2. The van der Waals surface area contributed by atoms with Crippen molar-refractivity contribution >= 4 is 11.7 Å². The topological polar surface area (TPSA) is 39.7 Å². The van der Waals surface area contributed by atoms with Crippen molar-refractivity contribution in [1.82, 2.24) is 14.8 Å². The Kier molecular flexibility index (Phi) is 5.72. The maximum Gasteiger partial charge on any atom is 0.225 e. The summed E-state index contributed by atoms with van der Waals surface area (Å²) < 4.78 is 0. The van der Waals surface area contributed by atoms with E-state index in [9.17, 15) is 4.79 Å². The van der Waals surface area contributed by atoms with Gasteiger partial charge < -0.3 is 9.80 Å². The van der Waals surface area contributed by atoms with E-state index in [1.165, 1.54) is 6.42 Å². The van der Waals surface area contributed by atoms with Crippen molar-refractivity contribution < 1.29 is 4.79 Å². The number of piperazine rings is 1. The van der Waals surface area contributed by atoms with Crippen LogP contribution in [0.15, 0.2) is 24.4 Å². The lowest BCUT2D eigenvalue weighted by Crippen LogP contribution is -2.50. The van der Waals surface area contributed by atoms with Crippen LogP contribution in [0.4, 0.5) is 5.82 Å². The Morgan fingerprint density at radius 1 is 1.21 bits per heavy atom. The summed E-state index contributed by atoms with van der Waals surface area (Å²) in [5.74, 6) is 2.15. The second-order valence-electron chi connectivity index (χ2n) is 7.42. The highest BCUT2D eigenvalue weighted by Gasteiger charge is 2.27. The quantitative estimate of drug-likeness (QED) is 0.848. The molecule has 0 bridgehead atoms. The van der Waals surface area contributed by atoms with Gasteiger partial charge in [-0.15, -0.1) is 0 Å². The minimum atomic E-state index is 0.116. The molecule has 1 aromatic rings. The number of amides is 1. The Morgan fingerprint density at radius 3 is 2.67 bits per heavy atom. The number of anilines is 1. The highest BCUT2D eigenvalue weighted by Crippen LogP contribution is 2.21. The average molecular weight is 330 g/mol. The molecular formula is C19H30N4O. The van der Waals surface area contributed by atoms with Gasteiger partial charge in [0.05, 0.1) is 0 Å². The molecule has 0 N–H and O–H groups in total. The van der Waals surface area contributed by atoms with Gasteiger partial charge in [0.1, 0.15) is 5.82 Å². The number of hydrogen-bond donors (Lipinski definition) is 0. The highest BCUT2D eigenvalue weighted by molar-refractivity contribution is 5.78. The van der Waals surface area contributed by atoms with Gasteiger partial charge in [0.15, 0.2) is 0 Å². The molecule has 0 aromatic carbocycles. The van der Waals surface area contributed by atoms with E-state index in [0.29, 0.717) is 11.8 Å². The first-order valence-corrected chi connectivity index (χ1v) is 9.30. The predicted molar refractivity (Wildman–Crippen MR) is 97.0 cm³/mol. The number of likely N-dealkylation sites (tertiary alicyclic amines) is 1. The van der Waals surface area contributed by atoms with E-state index in [0.717, 1.165) is 58.1 Å². The number of pyridine rings is 1. The lowest BCUT2D eigenvalue weighted by atomic mass is 9.96. The summed E-state index contributed by atoms with van der Waals surface area (Å²) >= 11 is 0. The first-order chi connectivity index (χ1) is 11.6. The Bertz CT molecular complexity index is 525. The second kappa shape index (κ2) is 7.97. The number of carbonyl (C=O) groups is 1. The zero-order chi connectivity index (χ0) is 16.9. The van der Waals surface area contributed by atoms with Gasteiger partial charge in [-0.1, -0.05) is 19.9 Å². The van der Waals surface area contributed by atoms with Crippen LogP contribution in [0.3, 0.4) is 0 Å². The molecule has 0 saturated carbocycles. The van der Waals surface area contributed by atoms with E-state index in [4.69, 9.17) is 0 Å². The predicted octanol–water partition coefficient (Wildman–Crippen LogP) is 2.10. The number of carbonyl (C=O) groups excluding carboxylic acids is 1. The number of piperidine rings is 1. The third kappa shape index (κ3) is 4.26. The van der Waals surface area contributed by atoms with E-state index in [-0.39, 0.29) is 5.92 Å². The molecule has 2 saturated heterocycles. The van der Waals surface area contributed by atoms with Gasteiger partial charge in [-0.05, 0) is 30.9 Å². The van der Waals surface area contributed by atoms with Crippen LogP contribution in [-0.4, -0.2) is 66.5 Å². The summed E-state index contributed by atoms with van der Waals surface area (Å²) in [7, 11) is 0. The van der Waals surface area contributed by atoms with Crippen molar-refractivity contribution in [1.29, 1.82) is 0 Å². The largest absolute Gasteiger partial charge is 0.354 e. The molecule has 0 unspecified atom stereocenters. The van der Waals surface area contributed by atoms with Crippen LogP contribution < -0.4 is 4.90 Å². The normalized spacial score (nSPS) is 22.9. The van der Waals surface area contributed by atoms with Crippen molar-refractivity contribution in [2.45, 2.75) is 26.7 Å². The van der Waals surface area contributed by atoms with Crippen LogP contribution >= 0.6 is 0 Å². The fourth-order valence-corrected chi connectivity index (χ4v) is 3.84. The molecule has 0 spiro atoms. The Labute approximate surface area is 145 Å². The molecule has 5 heteroatoms. The van der Waals surface area contributed by atoms with Gasteiger partial charge in [-0.3, -0.25) is 9.69 Å². The summed E-state index contributed by atoms with van der Waals surface area (Å²) in [6, 6.07) is 6.11. The van der Waals surface area contributed by atoms with Crippen molar-refractivity contribution in [3.63, 3.8) is 0 Å². The molecule has 1 amide bonds. The summed E-state index contributed by atoms with van der Waals surface area (Å²) in [6.07, 6.45) is 4.27. The SMILES string of the molecule is CC(C)C(=O)N1CCC[C@H](CN2CCN(c3ccccn3)CC2)C1. The minimum Gasteiger partial charge on any atom is -0.354 e. The van der Waals surface area contributed by atoms with Gasteiger partial charge in [-0.25, -0.2) is 4.98 Å². The maximum absolute atomic E-state index is 12.2. The average Bonchev–Trinajstić information content (AvgIpc) is 2.62. The zero-order valence-corrected chi connectivity index (χ0v) is 15.0. The van der Waals surface area contributed by atoms with E-state index in [2.05, 4.69) is 31.8 Å². The van der Waals surface area contributed by atoms with Crippen LogP contribution in [-0.2, 0) is 4.79 Å². The molecule has 132 valence electrons. The van der Waals surface area contributed by atoms with Crippen LogP contribution in [0.2, 0.25) is 0 Å². The third-order valence-corrected chi connectivity index (χ3v) is 5.19. The summed E-state index contributed by atoms with van der Waals surface area (Å²) in [5.41, 5.74) is 0. The van der Waals surface area contributed by atoms with Crippen LogP contribution in [0.25, 0.3) is 0 Å². The maximum atomic E-state index is 12.2. The molecule has 2 aliphatic rings. The van der Waals surface area contributed by atoms with Crippen LogP contribution in [0, 0.1) is 11.8 Å². The molecule has 5 nitrogen and oxygen atoms in total. The number of rotatable bonds is 4. The summed E-state index contributed by atoms with van der Waals surface area (Å²) in [6.45, 7) is 11.3. The second-order valence-corrected chi connectivity index (χ2v) is 7.42. The molecule has 0 aliphatic carbocycles. The monoisotopic (exact) mass is 330 g/mol. The smallest absolute Gasteiger partial charge is 0.225 e. The van der Waals surface area contributed by atoms with Crippen molar-refractivity contribution in [3.05, 3.63) is 24.4 Å². The molecule has 2 aliphatic heterocycles. The lowest BCUT2D eigenvalue weighted by molar-refractivity contribution is -0.136. The van der Waals surface area contributed by atoms with Gasteiger partial charge in [-0.2, -0.15) is 0 Å². The van der Waals surface area contributed by atoms with Crippen LogP contribution in [0.5, 0.6) is 0 Å². The number of hydrogen-bond acceptors (Lipinski definition) is 4. The Hall–Kier alpha value is -1.62. The van der Waals surface area contributed by atoms with E-state index in [1.54, 1.807) is 0 Å². The van der Waals surface area contributed by atoms with Crippen molar-refractivity contribution in [3.8, 4) is 0 Å². The molecule has 3 rings (SSSR count). The first kappa shape index (κ1) is 17.2. The Balaban J connectivity index is 1.47. The van der Waals surface area contributed by atoms with Gasteiger partial charge in [0, 0.05) is 57.9 Å². The molecule has 1 atom stereocenters. The zero-order valence-electron chi connectivity index (χ0n) is 15.0. The van der Waals surface area contributed by atoms with Gasteiger partial charge in [0.2, 0.25) is 5.91 Å². The number of aromatic nitrogens is 1. The van der Waals surface area contributed by atoms with Gasteiger partial charge in [0.25, 0.3) is 0 Å². The molecule has 3 heterocycles. The Morgan fingerprint density at radius 2 is 2.00 bits per heavy atom. The van der Waals surface area contributed by atoms with Crippen LogP contribution in [0.1, 0.15) is 26.7 Å². The summed E-state index contributed by atoms with van der Waals surface area (Å²) in [5, 5.41) is 0.